The van der Waals surface area contributed by atoms with Crippen LogP contribution < -0.4 is 11.3 Å². The van der Waals surface area contributed by atoms with E-state index in [1.165, 1.54) is 0 Å². The monoisotopic (exact) mass is 337 g/mol. The lowest BCUT2D eigenvalue weighted by molar-refractivity contribution is 0.410. The number of nitrogens with two attached hydrogens (primary N) is 1. The summed E-state index contributed by atoms with van der Waals surface area (Å²) in [5, 5.41) is 10.1. The molecule has 4 N–H and O–H groups in total. The van der Waals surface area contributed by atoms with Gasteiger partial charge in [-0.3, -0.25) is 4.79 Å². The van der Waals surface area contributed by atoms with Gasteiger partial charge in [0.2, 0.25) is 5.88 Å². The number of halogens is 1. The third-order valence-electron chi connectivity index (χ3n) is 3.29. The molecule has 0 aliphatic carbocycles. The van der Waals surface area contributed by atoms with Gasteiger partial charge in [-0.1, -0.05) is 35.0 Å². The number of aromatic hydroxyl groups is 1. The van der Waals surface area contributed by atoms with Crippen LogP contribution >= 0.6 is 15.9 Å². The Morgan fingerprint density at radius 3 is 2.75 bits per heavy atom. The van der Waals surface area contributed by atoms with Crippen molar-refractivity contribution in [3.63, 3.8) is 0 Å². The molecule has 0 saturated carbocycles. The molecule has 0 aliphatic heterocycles. The molecule has 2 aromatic rings. The summed E-state index contributed by atoms with van der Waals surface area (Å²) >= 11 is 3.33. The number of benzene rings is 1. The van der Waals surface area contributed by atoms with Crippen LogP contribution in [0.1, 0.15) is 26.1 Å². The summed E-state index contributed by atoms with van der Waals surface area (Å²) in [5.74, 6) is -0.0341. The smallest absolute Gasteiger partial charge is 0.262 e. The zero-order chi connectivity index (χ0) is 14.9. The summed E-state index contributed by atoms with van der Waals surface area (Å²) in [6, 6.07) is 7.10. The second-order valence-corrected chi connectivity index (χ2v) is 5.81. The lowest BCUT2D eigenvalue weighted by atomic mass is 9.99. The molecule has 1 atom stereocenters. The molecule has 0 fully saturated rings. The summed E-state index contributed by atoms with van der Waals surface area (Å²) in [6.07, 6.45) is 0.589. The van der Waals surface area contributed by atoms with Crippen molar-refractivity contribution in [2.45, 2.75) is 25.8 Å². The summed E-state index contributed by atoms with van der Waals surface area (Å²) in [4.78, 5) is 18.9. The van der Waals surface area contributed by atoms with E-state index in [4.69, 9.17) is 5.73 Å². The van der Waals surface area contributed by atoms with E-state index >= 15 is 0 Å². The number of nitrogens with one attached hydrogen (secondary N) is 1. The van der Waals surface area contributed by atoms with Crippen molar-refractivity contribution in [1.82, 2.24) is 9.97 Å². The molecule has 0 saturated heterocycles. The molecule has 0 amide bonds. The van der Waals surface area contributed by atoms with Crippen molar-refractivity contribution in [1.29, 1.82) is 0 Å². The van der Waals surface area contributed by atoms with E-state index in [0.717, 1.165) is 4.47 Å². The fourth-order valence-corrected chi connectivity index (χ4v) is 2.20. The second kappa shape index (κ2) is 5.38. The van der Waals surface area contributed by atoms with Crippen molar-refractivity contribution < 1.29 is 5.11 Å². The molecule has 1 aromatic heterocycles. The van der Waals surface area contributed by atoms with Crippen LogP contribution in [-0.4, -0.2) is 15.1 Å². The highest BCUT2D eigenvalue weighted by molar-refractivity contribution is 9.10. The van der Waals surface area contributed by atoms with Gasteiger partial charge in [-0.15, -0.1) is 0 Å². The molecule has 6 heteroatoms. The Bertz CT molecular complexity index is 695. The van der Waals surface area contributed by atoms with Gasteiger partial charge >= 0.3 is 0 Å². The first-order valence-electron chi connectivity index (χ1n) is 6.23. The number of H-pyrrole nitrogens is 1. The fourth-order valence-electron chi connectivity index (χ4n) is 1.80. The molecule has 1 unspecified atom stereocenters. The molecule has 0 bridgehead atoms. The third kappa shape index (κ3) is 2.76. The van der Waals surface area contributed by atoms with Crippen LogP contribution in [0.15, 0.2) is 33.5 Å². The Balaban J connectivity index is 2.61. The molecular weight excluding hydrogens is 322 g/mol. The highest BCUT2D eigenvalue weighted by atomic mass is 79.9. The normalized spacial score (nSPS) is 14.0. The van der Waals surface area contributed by atoms with Crippen molar-refractivity contribution in [3.05, 3.63) is 44.9 Å². The SMILES string of the molecule is CCC(C)(N)c1nc(O)c(-c2cccc(Br)c2)c(=O)[nH]1. The Hall–Kier alpha value is -1.66. The average molecular weight is 338 g/mol. The number of hydrogen-bond donors (Lipinski definition) is 3. The van der Waals surface area contributed by atoms with Gasteiger partial charge in [0.25, 0.3) is 5.56 Å². The van der Waals surface area contributed by atoms with Crippen LogP contribution in [0.4, 0.5) is 0 Å². The topological polar surface area (TPSA) is 92.0 Å². The van der Waals surface area contributed by atoms with Crippen LogP contribution in [0.25, 0.3) is 11.1 Å². The lowest BCUT2D eigenvalue weighted by Gasteiger charge is -2.21. The van der Waals surface area contributed by atoms with Gasteiger partial charge in [-0.2, -0.15) is 4.98 Å². The molecule has 20 heavy (non-hydrogen) atoms. The number of rotatable bonds is 3. The largest absolute Gasteiger partial charge is 0.493 e. The Morgan fingerprint density at radius 2 is 2.20 bits per heavy atom. The lowest BCUT2D eigenvalue weighted by Crippen LogP contribution is -2.36. The molecule has 1 heterocycles. The van der Waals surface area contributed by atoms with E-state index in [0.29, 0.717) is 12.0 Å². The zero-order valence-electron chi connectivity index (χ0n) is 11.3. The van der Waals surface area contributed by atoms with Gasteiger partial charge in [0, 0.05) is 4.47 Å². The molecule has 0 aliphatic rings. The second-order valence-electron chi connectivity index (χ2n) is 4.89. The van der Waals surface area contributed by atoms with Gasteiger partial charge in [0.15, 0.2) is 0 Å². The van der Waals surface area contributed by atoms with E-state index in [1.54, 1.807) is 25.1 Å². The first kappa shape index (κ1) is 14.7. The summed E-state index contributed by atoms with van der Waals surface area (Å²) in [5.41, 5.74) is 5.58. The Morgan fingerprint density at radius 1 is 1.50 bits per heavy atom. The maximum absolute atomic E-state index is 12.2. The van der Waals surface area contributed by atoms with E-state index in [9.17, 15) is 9.90 Å². The maximum atomic E-state index is 12.2. The van der Waals surface area contributed by atoms with Gasteiger partial charge in [-0.05, 0) is 31.0 Å². The maximum Gasteiger partial charge on any atom is 0.262 e. The van der Waals surface area contributed by atoms with Crippen LogP contribution in [0, 0.1) is 0 Å². The van der Waals surface area contributed by atoms with Gasteiger partial charge in [-0.25, -0.2) is 0 Å². The predicted octanol–water partition coefficient (Wildman–Crippen LogP) is 2.49. The molecule has 2 rings (SSSR count). The fraction of sp³-hybridized carbons (Fsp3) is 0.286. The van der Waals surface area contributed by atoms with Gasteiger partial charge in [0.1, 0.15) is 11.4 Å². The highest BCUT2D eigenvalue weighted by Gasteiger charge is 2.24. The van der Waals surface area contributed by atoms with Crippen molar-refractivity contribution in [2.75, 3.05) is 0 Å². The van der Waals surface area contributed by atoms with Crippen molar-refractivity contribution >= 4 is 15.9 Å². The first-order valence-corrected chi connectivity index (χ1v) is 7.03. The molecule has 0 spiro atoms. The Labute approximate surface area is 125 Å². The highest BCUT2D eigenvalue weighted by Crippen LogP contribution is 2.27. The summed E-state index contributed by atoms with van der Waals surface area (Å²) < 4.78 is 0.815. The van der Waals surface area contributed by atoms with Crippen LogP contribution in [0.5, 0.6) is 5.88 Å². The summed E-state index contributed by atoms with van der Waals surface area (Å²) in [7, 11) is 0. The van der Waals surface area contributed by atoms with Crippen LogP contribution in [-0.2, 0) is 5.54 Å². The minimum atomic E-state index is -0.785. The minimum Gasteiger partial charge on any atom is -0.493 e. The number of hydrogen-bond acceptors (Lipinski definition) is 4. The first-order chi connectivity index (χ1) is 9.35. The number of aromatic nitrogens is 2. The Kier molecular flexibility index (Phi) is 3.96. The van der Waals surface area contributed by atoms with Gasteiger partial charge < -0.3 is 15.8 Å². The van der Waals surface area contributed by atoms with E-state index in [2.05, 4.69) is 25.9 Å². The van der Waals surface area contributed by atoms with Crippen molar-refractivity contribution in [3.8, 4) is 17.0 Å². The molecule has 1 aromatic carbocycles. The van der Waals surface area contributed by atoms with E-state index < -0.39 is 11.1 Å². The predicted molar refractivity (Wildman–Crippen MR) is 81.5 cm³/mol. The molecule has 0 radical (unpaired) electrons. The number of nitrogens with zero attached hydrogens (tertiary/aromatic N) is 1. The molecule has 5 nitrogen and oxygen atoms in total. The van der Waals surface area contributed by atoms with Crippen molar-refractivity contribution in [2.24, 2.45) is 5.73 Å². The summed E-state index contributed by atoms with van der Waals surface area (Å²) in [6.45, 7) is 3.64. The standard InChI is InChI=1S/C14H16BrN3O2/c1-3-14(2,16)13-17-11(19)10(12(20)18-13)8-5-4-6-9(15)7-8/h4-7H,3,16H2,1-2H3,(H2,17,18,19,20). The number of aromatic amines is 1. The average Bonchev–Trinajstić information content (AvgIpc) is 2.38. The van der Waals surface area contributed by atoms with Crippen LogP contribution in [0.2, 0.25) is 0 Å². The zero-order valence-corrected chi connectivity index (χ0v) is 12.9. The molecular formula is C14H16BrN3O2. The minimum absolute atomic E-state index is 0.141. The quantitative estimate of drug-likeness (QED) is 0.802. The van der Waals surface area contributed by atoms with E-state index in [1.807, 2.05) is 13.0 Å². The van der Waals surface area contributed by atoms with E-state index in [-0.39, 0.29) is 17.3 Å². The molecule has 106 valence electrons. The third-order valence-corrected chi connectivity index (χ3v) is 3.78. The van der Waals surface area contributed by atoms with Crippen LogP contribution in [0.3, 0.4) is 0 Å². The van der Waals surface area contributed by atoms with Gasteiger partial charge in [0.05, 0.1) is 5.54 Å².